The number of carbonyl (C=O) groups excluding carboxylic acids is 2. The van der Waals surface area contributed by atoms with Gasteiger partial charge in [-0.3, -0.25) is 9.69 Å². The zero-order valence-corrected chi connectivity index (χ0v) is 16.9. The van der Waals surface area contributed by atoms with Crippen LogP contribution in [-0.4, -0.2) is 49.7 Å². The molecule has 2 aromatic rings. The number of benzene rings is 2. The molecular weight excluding hydrogens is 368 g/mol. The van der Waals surface area contributed by atoms with Crippen molar-refractivity contribution in [2.45, 2.75) is 26.3 Å². The van der Waals surface area contributed by atoms with Crippen molar-refractivity contribution in [1.29, 1.82) is 0 Å². The fraction of sp³-hybridized carbons (Fsp3) is 0.391. The van der Waals surface area contributed by atoms with Crippen LogP contribution in [-0.2, 0) is 16.0 Å². The summed E-state index contributed by atoms with van der Waals surface area (Å²) in [5.41, 5.74) is 2.83. The number of esters is 1. The molecule has 1 saturated heterocycles. The van der Waals surface area contributed by atoms with Crippen LogP contribution in [0.5, 0.6) is 0 Å². The molecule has 0 saturated carbocycles. The van der Waals surface area contributed by atoms with E-state index in [2.05, 4.69) is 10.2 Å². The molecule has 6 heteroatoms. The summed E-state index contributed by atoms with van der Waals surface area (Å²) in [5.74, 6) is -0.515. The molecule has 29 heavy (non-hydrogen) atoms. The number of unbranched alkanes of at least 4 members (excludes halogenated alkanes) is 1. The van der Waals surface area contributed by atoms with Crippen molar-refractivity contribution in [3.63, 3.8) is 0 Å². The largest absolute Gasteiger partial charge is 0.462 e. The Morgan fingerprint density at radius 2 is 1.83 bits per heavy atom. The minimum atomic E-state index is -0.341. The monoisotopic (exact) mass is 396 g/mol. The summed E-state index contributed by atoms with van der Waals surface area (Å²) in [5, 5.41) is 2.88. The molecule has 3 rings (SSSR count). The lowest BCUT2D eigenvalue weighted by Gasteiger charge is -2.26. The van der Waals surface area contributed by atoms with Crippen LogP contribution in [0.15, 0.2) is 48.5 Å². The average Bonchev–Trinajstić information content (AvgIpc) is 2.75. The number of ether oxygens (including phenoxy) is 2. The molecule has 0 unspecified atom stereocenters. The number of amides is 1. The van der Waals surface area contributed by atoms with Gasteiger partial charge >= 0.3 is 5.97 Å². The van der Waals surface area contributed by atoms with Crippen LogP contribution >= 0.6 is 0 Å². The Morgan fingerprint density at radius 3 is 2.55 bits per heavy atom. The van der Waals surface area contributed by atoms with Crippen molar-refractivity contribution in [2.24, 2.45) is 0 Å². The van der Waals surface area contributed by atoms with E-state index in [-0.39, 0.29) is 11.9 Å². The number of hydrogen-bond acceptors (Lipinski definition) is 5. The molecule has 0 bridgehead atoms. The molecule has 1 heterocycles. The second-order valence-electron chi connectivity index (χ2n) is 7.11. The highest BCUT2D eigenvalue weighted by Gasteiger charge is 2.13. The van der Waals surface area contributed by atoms with Gasteiger partial charge in [0, 0.05) is 30.9 Å². The van der Waals surface area contributed by atoms with Gasteiger partial charge in [0.2, 0.25) is 0 Å². The van der Waals surface area contributed by atoms with Gasteiger partial charge in [0.15, 0.2) is 0 Å². The highest BCUT2D eigenvalue weighted by atomic mass is 16.5. The minimum absolute atomic E-state index is 0.174. The first-order valence-corrected chi connectivity index (χ1v) is 10.1. The van der Waals surface area contributed by atoms with Gasteiger partial charge in [-0.2, -0.15) is 0 Å². The molecule has 0 radical (unpaired) electrons. The number of nitrogens with zero attached hydrogens (tertiary/aromatic N) is 1. The van der Waals surface area contributed by atoms with Crippen LogP contribution in [0, 0.1) is 0 Å². The van der Waals surface area contributed by atoms with E-state index in [9.17, 15) is 9.59 Å². The maximum atomic E-state index is 12.6. The van der Waals surface area contributed by atoms with Crippen molar-refractivity contribution in [3.05, 3.63) is 65.2 Å². The third-order valence-corrected chi connectivity index (χ3v) is 4.81. The second-order valence-corrected chi connectivity index (χ2v) is 7.11. The van der Waals surface area contributed by atoms with Gasteiger partial charge < -0.3 is 14.8 Å². The van der Waals surface area contributed by atoms with Crippen LogP contribution in [0.4, 0.5) is 5.69 Å². The highest BCUT2D eigenvalue weighted by Crippen LogP contribution is 2.14. The van der Waals surface area contributed by atoms with Crippen molar-refractivity contribution < 1.29 is 19.1 Å². The fourth-order valence-electron chi connectivity index (χ4n) is 3.11. The number of hydrogen-bond donors (Lipinski definition) is 1. The molecule has 1 fully saturated rings. The number of carbonyl (C=O) groups is 2. The molecule has 154 valence electrons. The molecule has 6 nitrogen and oxygen atoms in total. The smallest absolute Gasteiger partial charge is 0.338 e. The first-order valence-electron chi connectivity index (χ1n) is 10.1. The molecule has 1 aliphatic heterocycles. The van der Waals surface area contributed by atoms with Crippen molar-refractivity contribution in [3.8, 4) is 0 Å². The van der Waals surface area contributed by atoms with E-state index in [0.29, 0.717) is 23.4 Å². The van der Waals surface area contributed by atoms with Gasteiger partial charge in [0.1, 0.15) is 0 Å². The van der Waals surface area contributed by atoms with E-state index < -0.39 is 0 Å². The first-order chi connectivity index (χ1) is 14.2. The predicted octanol–water partition coefficient (Wildman–Crippen LogP) is 3.73. The summed E-state index contributed by atoms with van der Waals surface area (Å²) >= 11 is 0. The van der Waals surface area contributed by atoms with Crippen LogP contribution in [0.2, 0.25) is 0 Å². The van der Waals surface area contributed by atoms with Gasteiger partial charge in [0.05, 0.1) is 25.4 Å². The lowest BCUT2D eigenvalue weighted by molar-refractivity contribution is 0.0342. The van der Waals surface area contributed by atoms with Crippen molar-refractivity contribution in [1.82, 2.24) is 4.90 Å². The van der Waals surface area contributed by atoms with Gasteiger partial charge in [-0.1, -0.05) is 25.5 Å². The highest BCUT2D eigenvalue weighted by molar-refractivity contribution is 6.04. The Labute approximate surface area is 171 Å². The van der Waals surface area contributed by atoms with Crippen LogP contribution < -0.4 is 5.32 Å². The molecule has 0 spiro atoms. The molecule has 1 amide bonds. The van der Waals surface area contributed by atoms with E-state index in [0.717, 1.165) is 51.3 Å². The third kappa shape index (κ3) is 6.41. The summed E-state index contributed by atoms with van der Waals surface area (Å²) in [6, 6.07) is 14.4. The van der Waals surface area contributed by atoms with E-state index in [1.54, 1.807) is 30.3 Å². The number of anilines is 1. The molecule has 2 aromatic carbocycles. The maximum Gasteiger partial charge on any atom is 0.338 e. The van der Waals surface area contributed by atoms with Gasteiger partial charge in [-0.25, -0.2) is 4.79 Å². The molecule has 0 aliphatic carbocycles. The summed E-state index contributed by atoms with van der Waals surface area (Å²) in [6.45, 7) is 6.59. The van der Waals surface area contributed by atoms with Crippen LogP contribution in [0.1, 0.15) is 46.0 Å². The summed E-state index contributed by atoms with van der Waals surface area (Å²) in [6.07, 6.45) is 1.83. The predicted molar refractivity (Wildman–Crippen MR) is 112 cm³/mol. The zero-order chi connectivity index (χ0) is 20.5. The van der Waals surface area contributed by atoms with Gasteiger partial charge in [0.25, 0.3) is 5.91 Å². The molecule has 0 aromatic heterocycles. The first kappa shape index (κ1) is 21.0. The van der Waals surface area contributed by atoms with Crippen LogP contribution in [0.3, 0.4) is 0 Å². The third-order valence-electron chi connectivity index (χ3n) is 4.81. The SMILES string of the molecule is CCCCOC(=O)c1ccc(NC(=O)c2cccc(CN3CCOCC3)c2)cc1. The van der Waals surface area contributed by atoms with E-state index in [1.807, 2.05) is 25.1 Å². The average molecular weight is 396 g/mol. The van der Waals surface area contributed by atoms with Gasteiger partial charge in [-0.05, 0) is 48.4 Å². The lowest BCUT2D eigenvalue weighted by Crippen LogP contribution is -2.35. The summed E-state index contributed by atoms with van der Waals surface area (Å²) < 4.78 is 10.6. The zero-order valence-electron chi connectivity index (χ0n) is 16.9. The lowest BCUT2D eigenvalue weighted by atomic mass is 10.1. The van der Waals surface area contributed by atoms with Gasteiger partial charge in [-0.15, -0.1) is 0 Å². The fourth-order valence-corrected chi connectivity index (χ4v) is 3.11. The van der Waals surface area contributed by atoms with E-state index >= 15 is 0 Å². The van der Waals surface area contributed by atoms with E-state index in [4.69, 9.17) is 9.47 Å². The van der Waals surface area contributed by atoms with Crippen molar-refractivity contribution in [2.75, 3.05) is 38.2 Å². The summed E-state index contributed by atoms with van der Waals surface area (Å²) in [7, 11) is 0. The molecule has 0 atom stereocenters. The number of nitrogens with one attached hydrogen (secondary N) is 1. The topological polar surface area (TPSA) is 67.9 Å². The van der Waals surface area contributed by atoms with E-state index in [1.165, 1.54) is 0 Å². The second kappa shape index (κ2) is 10.7. The normalized spacial score (nSPS) is 14.4. The Morgan fingerprint density at radius 1 is 1.07 bits per heavy atom. The standard InChI is InChI=1S/C23H28N2O4/c1-2-3-13-29-23(27)19-7-9-21(10-8-19)24-22(26)20-6-4-5-18(16-20)17-25-11-14-28-15-12-25/h4-10,16H,2-3,11-15,17H2,1H3,(H,24,26). The molecular formula is C23H28N2O4. The van der Waals surface area contributed by atoms with Crippen LogP contribution in [0.25, 0.3) is 0 Å². The quantitative estimate of drug-likeness (QED) is 0.544. The Balaban J connectivity index is 1.57. The minimum Gasteiger partial charge on any atom is -0.462 e. The molecule has 1 N–H and O–H groups in total. The summed E-state index contributed by atoms with van der Waals surface area (Å²) in [4.78, 5) is 26.9. The number of rotatable bonds is 8. The van der Waals surface area contributed by atoms with Crippen molar-refractivity contribution >= 4 is 17.6 Å². The Bertz CT molecular complexity index is 814. The maximum absolute atomic E-state index is 12.6. The Hall–Kier alpha value is -2.70. The molecule has 1 aliphatic rings. The Kier molecular flexibility index (Phi) is 7.78. The number of morpholine rings is 1.